The number of benzene rings is 2. The lowest BCUT2D eigenvalue weighted by molar-refractivity contribution is -0.138. The van der Waals surface area contributed by atoms with Gasteiger partial charge < -0.3 is 4.74 Å². The summed E-state index contributed by atoms with van der Waals surface area (Å²) in [5, 5.41) is 0. The van der Waals surface area contributed by atoms with Gasteiger partial charge in [-0.25, -0.2) is 0 Å². The fraction of sp³-hybridized carbons (Fsp3) is 0.423. The SMILES string of the molecule is O=C(/C=C/c1cccc(OCc2ccccc2)c1)C12CC3CC(CC(C3)C1)C2. The maximum Gasteiger partial charge on any atom is 0.161 e. The smallest absolute Gasteiger partial charge is 0.161 e. The Morgan fingerprint density at radius 1 is 0.929 bits per heavy atom. The third kappa shape index (κ3) is 3.53. The van der Waals surface area contributed by atoms with Crippen LogP contribution in [0.3, 0.4) is 0 Å². The Labute approximate surface area is 167 Å². The summed E-state index contributed by atoms with van der Waals surface area (Å²) < 4.78 is 5.92. The molecular weight excluding hydrogens is 344 g/mol. The van der Waals surface area contributed by atoms with Gasteiger partial charge in [0.25, 0.3) is 0 Å². The van der Waals surface area contributed by atoms with Crippen molar-refractivity contribution < 1.29 is 9.53 Å². The van der Waals surface area contributed by atoms with E-state index in [9.17, 15) is 4.79 Å². The number of carbonyl (C=O) groups excluding carboxylic acids is 1. The first-order valence-corrected chi connectivity index (χ1v) is 10.7. The summed E-state index contributed by atoms with van der Waals surface area (Å²) in [5.74, 6) is 3.62. The second-order valence-corrected chi connectivity index (χ2v) is 9.24. The number of carbonyl (C=O) groups is 1. The Morgan fingerprint density at radius 3 is 2.29 bits per heavy atom. The highest BCUT2D eigenvalue weighted by Gasteiger charge is 2.53. The quantitative estimate of drug-likeness (QED) is 0.576. The van der Waals surface area contributed by atoms with Crippen LogP contribution in [0.15, 0.2) is 60.7 Å². The molecule has 28 heavy (non-hydrogen) atoms. The van der Waals surface area contributed by atoms with Crippen molar-refractivity contribution in [3.63, 3.8) is 0 Å². The lowest BCUT2D eigenvalue weighted by Gasteiger charge is -2.55. The van der Waals surface area contributed by atoms with Gasteiger partial charge in [-0.1, -0.05) is 48.5 Å². The lowest BCUT2D eigenvalue weighted by atomic mass is 9.48. The van der Waals surface area contributed by atoms with Crippen LogP contribution in [0.5, 0.6) is 5.75 Å². The molecule has 4 aliphatic carbocycles. The topological polar surface area (TPSA) is 26.3 Å². The summed E-state index contributed by atoms with van der Waals surface area (Å²) in [5.41, 5.74) is 2.14. The first kappa shape index (κ1) is 17.7. The fourth-order valence-electron chi connectivity index (χ4n) is 6.21. The molecule has 0 heterocycles. The first-order valence-electron chi connectivity index (χ1n) is 10.7. The highest BCUT2D eigenvalue weighted by molar-refractivity contribution is 5.98. The molecule has 0 aromatic heterocycles. The molecule has 2 aromatic carbocycles. The molecule has 4 bridgehead atoms. The van der Waals surface area contributed by atoms with Crippen LogP contribution in [0.25, 0.3) is 6.08 Å². The zero-order valence-corrected chi connectivity index (χ0v) is 16.3. The summed E-state index contributed by atoms with van der Waals surface area (Å²) >= 11 is 0. The molecule has 0 aliphatic heterocycles. The molecule has 0 unspecified atom stereocenters. The third-order valence-electron chi connectivity index (χ3n) is 7.09. The summed E-state index contributed by atoms with van der Waals surface area (Å²) in [6.45, 7) is 0.556. The minimum Gasteiger partial charge on any atom is -0.489 e. The molecule has 4 aliphatic rings. The van der Waals surface area contributed by atoms with E-state index in [0.29, 0.717) is 12.4 Å². The maximum atomic E-state index is 13.1. The standard InChI is InChI=1S/C26H28O2/c27-25(26-15-21-11-22(16-26)13-23(12-21)17-26)10-9-19-7-4-8-24(14-19)28-18-20-5-2-1-3-6-20/h1-10,14,21-23H,11-13,15-18H2/b10-9+. The molecule has 0 amide bonds. The molecule has 0 radical (unpaired) electrons. The van der Waals surface area contributed by atoms with Gasteiger partial charge in [0.1, 0.15) is 12.4 Å². The molecule has 2 nitrogen and oxygen atoms in total. The zero-order valence-electron chi connectivity index (χ0n) is 16.3. The molecule has 144 valence electrons. The molecule has 0 saturated heterocycles. The summed E-state index contributed by atoms with van der Waals surface area (Å²) in [6, 6.07) is 18.2. The summed E-state index contributed by atoms with van der Waals surface area (Å²) in [4.78, 5) is 13.1. The monoisotopic (exact) mass is 372 g/mol. The fourth-order valence-corrected chi connectivity index (χ4v) is 6.21. The second-order valence-electron chi connectivity index (χ2n) is 9.24. The van der Waals surface area contributed by atoms with Crippen molar-refractivity contribution in [1.29, 1.82) is 0 Å². The molecule has 2 heteroatoms. The number of ether oxygens (including phenoxy) is 1. The predicted octanol–water partition coefficient (Wildman–Crippen LogP) is 6.06. The molecule has 4 fully saturated rings. The first-order chi connectivity index (χ1) is 13.7. The van der Waals surface area contributed by atoms with Crippen LogP contribution in [0.4, 0.5) is 0 Å². The Kier molecular flexibility index (Phi) is 4.58. The van der Waals surface area contributed by atoms with Crippen molar-refractivity contribution in [3.8, 4) is 5.75 Å². The van der Waals surface area contributed by atoms with Crippen molar-refractivity contribution in [3.05, 3.63) is 71.8 Å². The highest BCUT2D eigenvalue weighted by atomic mass is 16.5. The number of allylic oxidation sites excluding steroid dienone is 1. The van der Waals surface area contributed by atoms with E-state index in [1.54, 1.807) is 0 Å². The molecule has 6 rings (SSSR count). The van der Waals surface area contributed by atoms with Gasteiger partial charge in [-0.15, -0.1) is 0 Å². The molecule has 0 atom stereocenters. The van der Waals surface area contributed by atoms with E-state index in [4.69, 9.17) is 4.74 Å². The van der Waals surface area contributed by atoms with E-state index < -0.39 is 0 Å². The van der Waals surface area contributed by atoms with Crippen molar-refractivity contribution >= 4 is 11.9 Å². The van der Waals surface area contributed by atoms with E-state index in [1.807, 2.05) is 54.6 Å². The van der Waals surface area contributed by atoms with Crippen molar-refractivity contribution in [2.24, 2.45) is 23.2 Å². The van der Waals surface area contributed by atoms with Gasteiger partial charge in [-0.2, -0.15) is 0 Å². The molecule has 4 saturated carbocycles. The molecule has 0 N–H and O–H groups in total. The van der Waals surface area contributed by atoms with Crippen LogP contribution in [-0.2, 0) is 11.4 Å². The normalized spacial score (nSPS) is 30.6. The van der Waals surface area contributed by atoms with Crippen LogP contribution in [0, 0.1) is 23.2 Å². The van der Waals surface area contributed by atoms with Crippen molar-refractivity contribution in [1.82, 2.24) is 0 Å². The predicted molar refractivity (Wildman–Crippen MR) is 112 cm³/mol. The molecular formula is C26H28O2. The van der Waals surface area contributed by atoms with Gasteiger partial charge in [-0.3, -0.25) is 4.79 Å². The molecule has 0 spiro atoms. The van der Waals surface area contributed by atoms with E-state index in [1.165, 1.54) is 19.3 Å². The average Bonchev–Trinajstić information content (AvgIpc) is 2.70. The van der Waals surface area contributed by atoms with Crippen LogP contribution in [-0.4, -0.2) is 5.78 Å². The Balaban J connectivity index is 1.26. The minimum absolute atomic E-state index is 0.0489. The molecule has 2 aromatic rings. The van der Waals surface area contributed by atoms with Crippen molar-refractivity contribution in [2.75, 3.05) is 0 Å². The van der Waals surface area contributed by atoms with Gasteiger partial charge >= 0.3 is 0 Å². The van der Waals surface area contributed by atoms with Crippen LogP contribution < -0.4 is 4.74 Å². The average molecular weight is 373 g/mol. The van der Waals surface area contributed by atoms with Gasteiger partial charge in [0.15, 0.2) is 5.78 Å². The van der Waals surface area contributed by atoms with E-state index >= 15 is 0 Å². The Bertz CT molecular complexity index is 845. The van der Waals surface area contributed by atoms with Crippen LogP contribution >= 0.6 is 0 Å². The van der Waals surface area contributed by atoms with Crippen molar-refractivity contribution in [2.45, 2.75) is 45.1 Å². The van der Waals surface area contributed by atoms with Gasteiger partial charge in [-0.05, 0) is 85.6 Å². The van der Waals surface area contributed by atoms with E-state index in [-0.39, 0.29) is 5.41 Å². The largest absolute Gasteiger partial charge is 0.489 e. The van der Waals surface area contributed by atoms with E-state index in [2.05, 4.69) is 12.1 Å². The number of ketones is 1. The van der Waals surface area contributed by atoms with Crippen LogP contribution in [0.1, 0.15) is 49.7 Å². The lowest BCUT2D eigenvalue weighted by Crippen LogP contribution is -2.49. The number of hydrogen-bond acceptors (Lipinski definition) is 2. The van der Waals surface area contributed by atoms with E-state index in [0.717, 1.165) is 53.9 Å². The van der Waals surface area contributed by atoms with Crippen LogP contribution in [0.2, 0.25) is 0 Å². The van der Waals surface area contributed by atoms with Gasteiger partial charge in [0.05, 0.1) is 0 Å². The maximum absolute atomic E-state index is 13.1. The Morgan fingerprint density at radius 2 is 1.61 bits per heavy atom. The second kappa shape index (κ2) is 7.24. The van der Waals surface area contributed by atoms with Gasteiger partial charge in [0.2, 0.25) is 0 Å². The zero-order chi connectivity index (χ0) is 19.0. The highest BCUT2D eigenvalue weighted by Crippen LogP contribution is 2.60. The number of hydrogen-bond donors (Lipinski definition) is 0. The summed E-state index contributed by atoms with van der Waals surface area (Å²) in [7, 11) is 0. The Hall–Kier alpha value is -2.35. The minimum atomic E-state index is -0.0489. The summed E-state index contributed by atoms with van der Waals surface area (Å²) in [6.07, 6.45) is 11.3. The van der Waals surface area contributed by atoms with Gasteiger partial charge in [0, 0.05) is 5.41 Å². The number of rotatable bonds is 6. The third-order valence-corrected chi connectivity index (χ3v) is 7.09.